The molecule has 8 heteroatoms. The van der Waals surface area contributed by atoms with E-state index < -0.39 is 0 Å². The minimum Gasteiger partial charge on any atom is -0.397 e. The lowest BCUT2D eigenvalue weighted by atomic mass is 10.1. The van der Waals surface area contributed by atoms with Crippen LogP contribution in [0.5, 0.6) is 0 Å². The number of hydrogen-bond acceptors (Lipinski definition) is 6. The molecule has 0 amide bonds. The van der Waals surface area contributed by atoms with Gasteiger partial charge in [0, 0.05) is 54.2 Å². The number of aliphatic hydroxyl groups excluding tert-OH is 1. The summed E-state index contributed by atoms with van der Waals surface area (Å²) in [5.41, 5.74) is 3.25. The third-order valence-electron chi connectivity index (χ3n) is 5.11. The van der Waals surface area contributed by atoms with Crippen molar-refractivity contribution in [3.8, 4) is 0 Å². The second kappa shape index (κ2) is 10.8. The van der Waals surface area contributed by atoms with Gasteiger partial charge < -0.3 is 15.3 Å². The molecule has 4 rings (SSSR count). The lowest BCUT2D eigenvalue weighted by molar-refractivity contribution is -0.885. The van der Waals surface area contributed by atoms with E-state index in [1.165, 1.54) is 24.8 Å². The molecule has 0 bridgehead atoms. The lowest BCUT2D eigenvalue weighted by Crippen LogP contribution is -2.40. The average Bonchev–Trinajstić information content (AvgIpc) is 3.22. The van der Waals surface area contributed by atoms with Crippen LogP contribution in [0.4, 0.5) is 11.6 Å². The molecule has 8 nitrogen and oxygen atoms in total. The van der Waals surface area contributed by atoms with Gasteiger partial charge in [-0.15, -0.1) is 0 Å². The summed E-state index contributed by atoms with van der Waals surface area (Å²) in [6.07, 6.45) is 10.5. The number of pyridine rings is 1. The highest BCUT2D eigenvalue weighted by Gasteiger charge is 2.17. The molecule has 0 saturated carbocycles. The van der Waals surface area contributed by atoms with Crippen LogP contribution in [0.15, 0.2) is 36.8 Å². The normalized spacial score (nSPS) is 13.7. The van der Waals surface area contributed by atoms with Gasteiger partial charge in [0.1, 0.15) is 18.7 Å². The highest BCUT2D eigenvalue weighted by Crippen LogP contribution is 2.24. The number of piperidine rings is 1. The maximum Gasteiger partial charge on any atom is 0.227 e. The van der Waals surface area contributed by atoms with Gasteiger partial charge in [0.2, 0.25) is 12.4 Å². The van der Waals surface area contributed by atoms with E-state index >= 15 is 0 Å². The zero-order chi connectivity index (χ0) is 21.3. The van der Waals surface area contributed by atoms with Crippen LogP contribution in [0, 0.1) is 0 Å². The van der Waals surface area contributed by atoms with Gasteiger partial charge in [-0.25, -0.2) is 4.98 Å². The molecule has 1 aliphatic rings. The molecule has 0 spiro atoms. The molecule has 30 heavy (non-hydrogen) atoms. The van der Waals surface area contributed by atoms with E-state index in [1.54, 1.807) is 18.8 Å². The maximum absolute atomic E-state index is 7.57. The molecule has 0 atom stereocenters. The standard InChI is InChI=1S/C20H27N6O.C2H6O/c1-3-17-14-22-26-18(21-13-16-8-7-11-25(15-16)27-2)12-19(23-20(17)26)24-9-5-4-6-10-24;1-2-3/h7-8,11-12,14-15,21H,3-6,9-10,13H2,1-2H3;3H,2H2,1H3/q+1;. The average molecular weight is 414 g/mol. The van der Waals surface area contributed by atoms with Crippen molar-refractivity contribution in [3.05, 3.63) is 47.9 Å². The van der Waals surface area contributed by atoms with Gasteiger partial charge in [0.15, 0.2) is 5.65 Å². The Morgan fingerprint density at radius 3 is 2.70 bits per heavy atom. The van der Waals surface area contributed by atoms with E-state index in [0.717, 1.165) is 42.4 Å². The summed E-state index contributed by atoms with van der Waals surface area (Å²) in [5.74, 6) is 2.01. The minimum atomic E-state index is 0.250. The van der Waals surface area contributed by atoms with E-state index in [0.29, 0.717) is 6.54 Å². The molecule has 0 aromatic carbocycles. The summed E-state index contributed by atoms with van der Waals surface area (Å²) in [7, 11) is 1.66. The van der Waals surface area contributed by atoms with Gasteiger partial charge in [0.25, 0.3) is 0 Å². The topological polar surface area (TPSA) is 78.8 Å². The second-order valence-electron chi connectivity index (χ2n) is 7.23. The number of aliphatic hydroxyl groups is 1. The Kier molecular flexibility index (Phi) is 7.84. The molecule has 162 valence electrons. The molecule has 1 saturated heterocycles. The lowest BCUT2D eigenvalue weighted by Gasteiger charge is -2.28. The fraction of sp³-hybridized carbons (Fsp3) is 0.500. The summed E-state index contributed by atoms with van der Waals surface area (Å²) >= 11 is 0. The van der Waals surface area contributed by atoms with Crippen molar-refractivity contribution in [1.82, 2.24) is 14.6 Å². The first-order chi connectivity index (χ1) is 14.7. The fourth-order valence-electron chi connectivity index (χ4n) is 3.57. The smallest absolute Gasteiger partial charge is 0.227 e. The van der Waals surface area contributed by atoms with Crippen LogP contribution in [0.1, 0.15) is 44.2 Å². The maximum atomic E-state index is 7.57. The second-order valence-corrected chi connectivity index (χ2v) is 7.23. The van der Waals surface area contributed by atoms with Crippen LogP contribution in [0.25, 0.3) is 5.65 Å². The summed E-state index contributed by atoms with van der Waals surface area (Å²) in [6.45, 7) is 6.91. The van der Waals surface area contributed by atoms with Crippen molar-refractivity contribution in [1.29, 1.82) is 0 Å². The van der Waals surface area contributed by atoms with Crippen LogP contribution in [0.2, 0.25) is 0 Å². The van der Waals surface area contributed by atoms with E-state index in [-0.39, 0.29) is 6.61 Å². The molecular formula is C22H33N6O2+. The van der Waals surface area contributed by atoms with Gasteiger partial charge >= 0.3 is 0 Å². The molecule has 3 aromatic heterocycles. The van der Waals surface area contributed by atoms with Crippen molar-refractivity contribution in [3.63, 3.8) is 0 Å². The van der Waals surface area contributed by atoms with Crippen LogP contribution < -0.4 is 19.8 Å². The highest BCUT2D eigenvalue weighted by molar-refractivity contribution is 5.61. The molecular weight excluding hydrogens is 380 g/mol. The highest BCUT2D eigenvalue weighted by atomic mass is 16.6. The van der Waals surface area contributed by atoms with Gasteiger partial charge in [-0.05, 0) is 38.7 Å². The largest absolute Gasteiger partial charge is 0.397 e. The molecule has 1 fully saturated rings. The van der Waals surface area contributed by atoms with Crippen LogP contribution in [-0.4, -0.2) is 46.5 Å². The zero-order valence-corrected chi connectivity index (χ0v) is 18.2. The Morgan fingerprint density at radius 2 is 2.00 bits per heavy atom. The summed E-state index contributed by atoms with van der Waals surface area (Å²) in [6, 6.07) is 6.18. The molecule has 0 radical (unpaired) electrons. The van der Waals surface area contributed by atoms with Crippen LogP contribution >= 0.6 is 0 Å². The van der Waals surface area contributed by atoms with E-state index in [9.17, 15) is 0 Å². The molecule has 2 N–H and O–H groups in total. The Hall–Kier alpha value is -2.87. The van der Waals surface area contributed by atoms with Gasteiger partial charge in [-0.2, -0.15) is 9.61 Å². The number of fused-ring (bicyclic) bond motifs is 1. The van der Waals surface area contributed by atoms with E-state index in [1.807, 2.05) is 29.2 Å². The van der Waals surface area contributed by atoms with Crippen LogP contribution in [-0.2, 0) is 13.0 Å². The predicted octanol–water partition coefficient (Wildman–Crippen LogP) is 2.24. The number of hydrogen-bond donors (Lipinski definition) is 2. The third kappa shape index (κ3) is 5.18. The monoisotopic (exact) mass is 413 g/mol. The van der Waals surface area contributed by atoms with Gasteiger partial charge in [-0.1, -0.05) is 6.92 Å². The number of aryl methyl sites for hydroxylation is 1. The van der Waals surface area contributed by atoms with Crippen molar-refractivity contribution in [2.45, 2.75) is 46.1 Å². The van der Waals surface area contributed by atoms with Gasteiger partial charge in [0.05, 0.1) is 6.20 Å². The molecule has 4 heterocycles. The molecule has 3 aromatic rings. The van der Waals surface area contributed by atoms with E-state index in [2.05, 4.69) is 34.4 Å². The quantitative estimate of drug-likeness (QED) is 0.604. The minimum absolute atomic E-state index is 0.250. The Bertz CT molecular complexity index is 937. The number of anilines is 2. The molecule has 0 aliphatic carbocycles. The molecule has 1 aliphatic heterocycles. The zero-order valence-electron chi connectivity index (χ0n) is 18.2. The van der Waals surface area contributed by atoms with Crippen molar-refractivity contribution in [2.24, 2.45) is 0 Å². The SMILES string of the molecule is CCO.CCc1cnn2c(NCc3ccc[n+](OC)c3)cc(N3CCCCC3)nc12. The number of aromatic nitrogens is 4. The summed E-state index contributed by atoms with van der Waals surface area (Å²) in [5, 5.41) is 15.7. The van der Waals surface area contributed by atoms with Gasteiger partial charge in [-0.3, -0.25) is 4.84 Å². The Balaban J connectivity index is 0.000000806. The van der Waals surface area contributed by atoms with E-state index in [4.69, 9.17) is 14.9 Å². The molecule has 0 unspecified atom stereocenters. The van der Waals surface area contributed by atoms with Crippen molar-refractivity contribution in [2.75, 3.05) is 37.0 Å². The van der Waals surface area contributed by atoms with Crippen molar-refractivity contribution >= 4 is 17.3 Å². The summed E-state index contributed by atoms with van der Waals surface area (Å²) in [4.78, 5) is 12.6. The third-order valence-corrected chi connectivity index (χ3v) is 5.11. The first-order valence-electron chi connectivity index (χ1n) is 10.7. The Labute approximate surface area is 178 Å². The number of rotatable bonds is 6. The fourth-order valence-corrected chi connectivity index (χ4v) is 3.57. The van der Waals surface area contributed by atoms with Crippen LogP contribution in [0.3, 0.4) is 0 Å². The van der Waals surface area contributed by atoms with Crippen molar-refractivity contribution < 1.29 is 14.7 Å². The Morgan fingerprint density at radius 1 is 1.23 bits per heavy atom. The first-order valence-corrected chi connectivity index (χ1v) is 10.7. The predicted molar refractivity (Wildman–Crippen MR) is 118 cm³/mol. The number of nitrogens with one attached hydrogen (secondary N) is 1. The summed E-state index contributed by atoms with van der Waals surface area (Å²) < 4.78 is 3.61. The first kappa shape index (κ1) is 21.8. The number of nitrogens with zero attached hydrogens (tertiary/aromatic N) is 5.